The van der Waals surface area contributed by atoms with Gasteiger partial charge in [0, 0.05) is 12.2 Å². The first-order chi connectivity index (χ1) is 10.6. The first kappa shape index (κ1) is 16.0. The second-order valence-electron chi connectivity index (χ2n) is 4.53. The molecule has 0 fully saturated rings. The van der Waals surface area contributed by atoms with Gasteiger partial charge in [-0.2, -0.15) is 5.10 Å². The minimum absolute atomic E-state index is 0.133. The number of aromatic amines is 1. The van der Waals surface area contributed by atoms with Crippen molar-refractivity contribution in [3.05, 3.63) is 47.5 Å². The summed E-state index contributed by atoms with van der Waals surface area (Å²) in [6, 6.07) is 7.22. The van der Waals surface area contributed by atoms with Crippen molar-refractivity contribution in [1.29, 1.82) is 0 Å². The third kappa shape index (κ3) is 4.05. The van der Waals surface area contributed by atoms with Gasteiger partial charge in [-0.1, -0.05) is 6.08 Å². The molecule has 0 radical (unpaired) electrons. The van der Waals surface area contributed by atoms with Crippen molar-refractivity contribution in [3.8, 4) is 5.75 Å². The van der Waals surface area contributed by atoms with E-state index in [1.807, 2.05) is 19.1 Å². The quantitative estimate of drug-likeness (QED) is 0.608. The van der Waals surface area contributed by atoms with E-state index in [1.54, 1.807) is 22.8 Å². The van der Waals surface area contributed by atoms with E-state index in [0.29, 0.717) is 29.4 Å². The topological polar surface area (TPSA) is 71.9 Å². The van der Waals surface area contributed by atoms with Crippen LogP contribution in [-0.2, 0) is 17.8 Å². The Morgan fingerprint density at radius 3 is 2.86 bits per heavy atom. The molecule has 1 heterocycles. The SMILES string of the molecule is C=CCn1c(CC(=O)Nc2ccc(OCC)cc2)n[nH]c1=S. The smallest absolute Gasteiger partial charge is 0.232 e. The van der Waals surface area contributed by atoms with Gasteiger partial charge in [0.1, 0.15) is 11.6 Å². The molecule has 0 aliphatic carbocycles. The molecule has 0 aliphatic heterocycles. The van der Waals surface area contributed by atoms with Crippen LogP contribution >= 0.6 is 12.2 Å². The van der Waals surface area contributed by atoms with E-state index in [9.17, 15) is 4.79 Å². The van der Waals surface area contributed by atoms with Gasteiger partial charge in [0.25, 0.3) is 0 Å². The van der Waals surface area contributed by atoms with Crippen molar-refractivity contribution in [2.75, 3.05) is 11.9 Å². The van der Waals surface area contributed by atoms with Crippen LogP contribution in [0.1, 0.15) is 12.7 Å². The molecule has 116 valence electrons. The highest BCUT2D eigenvalue weighted by molar-refractivity contribution is 7.71. The minimum Gasteiger partial charge on any atom is -0.494 e. The molecule has 1 aromatic heterocycles. The molecule has 0 bridgehead atoms. The predicted octanol–water partition coefficient (Wildman–Crippen LogP) is 2.71. The van der Waals surface area contributed by atoms with Crippen LogP contribution in [0.5, 0.6) is 5.75 Å². The van der Waals surface area contributed by atoms with Crippen LogP contribution in [0.2, 0.25) is 0 Å². The van der Waals surface area contributed by atoms with Crippen LogP contribution in [0.25, 0.3) is 0 Å². The number of amides is 1. The zero-order valence-corrected chi connectivity index (χ0v) is 13.2. The van der Waals surface area contributed by atoms with E-state index in [4.69, 9.17) is 17.0 Å². The lowest BCUT2D eigenvalue weighted by Gasteiger charge is -2.07. The van der Waals surface area contributed by atoms with Gasteiger partial charge in [0.2, 0.25) is 5.91 Å². The van der Waals surface area contributed by atoms with Crippen molar-refractivity contribution in [1.82, 2.24) is 14.8 Å². The predicted molar refractivity (Wildman–Crippen MR) is 87.6 cm³/mol. The molecule has 0 saturated carbocycles. The molecule has 1 aromatic carbocycles. The number of H-pyrrole nitrogens is 1. The number of rotatable bonds is 7. The van der Waals surface area contributed by atoms with E-state index in [2.05, 4.69) is 22.1 Å². The fourth-order valence-corrected chi connectivity index (χ4v) is 2.18. The van der Waals surface area contributed by atoms with E-state index < -0.39 is 0 Å². The average molecular weight is 318 g/mol. The Balaban J connectivity index is 2.01. The van der Waals surface area contributed by atoms with E-state index >= 15 is 0 Å². The second-order valence-corrected chi connectivity index (χ2v) is 4.91. The Kier molecular flexibility index (Phi) is 5.48. The molecule has 1 amide bonds. The van der Waals surface area contributed by atoms with Gasteiger partial charge in [-0.25, -0.2) is 0 Å². The molecule has 2 aromatic rings. The van der Waals surface area contributed by atoms with Gasteiger partial charge in [0.05, 0.1) is 13.0 Å². The highest BCUT2D eigenvalue weighted by Crippen LogP contribution is 2.15. The average Bonchev–Trinajstić information content (AvgIpc) is 2.83. The lowest BCUT2D eigenvalue weighted by molar-refractivity contribution is -0.115. The molecule has 2 N–H and O–H groups in total. The molecular formula is C15H18N4O2S. The summed E-state index contributed by atoms with van der Waals surface area (Å²) in [5, 5.41) is 9.57. The summed E-state index contributed by atoms with van der Waals surface area (Å²) in [4.78, 5) is 12.1. The monoisotopic (exact) mass is 318 g/mol. The summed E-state index contributed by atoms with van der Waals surface area (Å²) in [6.07, 6.45) is 1.84. The second kappa shape index (κ2) is 7.56. The van der Waals surface area contributed by atoms with Crippen LogP contribution in [0.15, 0.2) is 36.9 Å². The van der Waals surface area contributed by atoms with Crippen molar-refractivity contribution in [3.63, 3.8) is 0 Å². The van der Waals surface area contributed by atoms with E-state index in [0.717, 1.165) is 5.75 Å². The van der Waals surface area contributed by atoms with Crippen molar-refractivity contribution in [2.24, 2.45) is 0 Å². The number of benzene rings is 1. The third-order valence-corrected chi connectivity index (χ3v) is 3.23. The highest BCUT2D eigenvalue weighted by atomic mass is 32.1. The molecule has 0 saturated heterocycles. The lowest BCUT2D eigenvalue weighted by Crippen LogP contribution is -2.17. The fraction of sp³-hybridized carbons (Fsp3) is 0.267. The van der Waals surface area contributed by atoms with Crippen LogP contribution in [-0.4, -0.2) is 27.3 Å². The summed E-state index contributed by atoms with van der Waals surface area (Å²) >= 11 is 5.11. The molecular weight excluding hydrogens is 300 g/mol. The standard InChI is InChI=1S/C15H18N4O2S/c1-3-9-19-13(17-18-15(19)22)10-14(20)16-11-5-7-12(8-6-11)21-4-2/h3,5-8H,1,4,9-10H2,2H3,(H,16,20)(H,18,22). The first-order valence-electron chi connectivity index (χ1n) is 6.91. The number of carbonyl (C=O) groups is 1. The van der Waals surface area contributed by atoms with Crippen molar-refractivity contribution >= 4 is 23.8 Å². The Bertz CT molecular complexity index is 703. The number of nitrogens with zero attached hydrogens (tertiary/aromatic N) is 2. The number of carbonyl (C=O) groups excluding carboxylic acids is 1. The number of ether oxygens (including phenoxy) is 1. The molecule has 0 spiro atoms. The van der Waals surface area contributed by atoms with Crippen LogP contribution in [0.3, 0.4) is 0 Å². The molecule has 7 heteroatoms. The number of aromatic nitrogens is 3. The lowest BCUT2D eigenvalue weighted by atomic mass is 10.3. The summed E-state index contributed by atoms with van der Waals surface area (Å²) in [5.74, 6) is 1.18. The maximum absolute atomic E-state index is 12.1. The van der Waals surface area contributed by atoms with E-state index in [-0.39, 0.29) is 12.3 Å². The Labute approximate surface area is 133 Å². The van der Waals surface area contributed by atoms with Crippen LogP contribution in [0.4, 0.5) is 5.69 Å². The number of hydrogen-bond acceptors (Lipinski definition) is 4. The molecule has 0 unspecified atom stereocenters. The molecule has 0 atom stereocenters. The maximum atomic E-state index is 12.1. The van der Waals surface area contributed by atoms with Gasteiger partial charge in [-0.15, -0.1) is 6.58 Å². The van der Waals surface area contributed by atoms with Gasteiger partial charge >= 0.3 is 0 Å². The molecule has 2 rings (SSSR count). The Hall–Kier alpha value is -2.41. The molecule has 0 aliphatic rings. The van der Waals surface area contributed by atoms with Crippen LogP contribution < -0.4 is 10.1 Å². The largest absolute Gasteiger partial charge is 0.494 e. The van der Waals surface area contributed by atoms with Gasteiger partial charge < -0.3 is 10.1 Å². The number of allylic oxidation sites excluding steroid dienone is 1. The van der Waals surface area contributed by atoms with Crippen molar-refractivity contribution in [2.45, 2.75) is 19.9 Å². The first-order valence-corrected chi connectivity index (χ1v) is 7.32. The van der Waals surface area contributed by atoms with E-state index in [1.165, 1.54) is 0 Å². The fourth-order valence-electron chi connectivity index (χ4n) is 1.95. The Morgan fingerprint density at radius 1 is 1.50 bits per heavy atom. The number of nitrogens with one attached hydrogen (secondary N) is 2. The highest BCUT2D eigenvalue weighted by Gasteiger charge is 2.11. The van der Waals surface area contributed by atoms with Crippen molar-refractivity contribution < 1.29 is 9.53 Å². The molecule has 22 heavy (non-hydrogen) atoms. The Morgan fingerprint density at radius 2 is 2.23 bits per heavy atom. The van der Waals surface area contributed by atoms with Gasteiger partial charge in [-0.3, -0.25) is 14.5 Å². The summed E-state index contributed by atoms with van der Waals surface area (Å²) in [6.45, 7) is 6.71. The summed E-state index contributed by atoms with van der Waals surface area (Å²) in [7, 11) is 0. The zero-order valence-electron chi connectivity index (χ0n) is 12.3. The normalized spacial score (nSPS) is 10.2. The maximum Gasteiger partial charge on any atom is 0.232 e. The van der Waals surface area contributed by atoms with Gasteiger partial charge in [0.15, 0.2) is 4.77 Å². The summed E-state index contributed by atoms with van der Waals surface area (Å²) in [5.41, 5.74) is 0.706. The number of hydrogen-bond donors (Lipinski definition) is 2. The zero-order chi connectivity index (χ0) is 15.9. The minimum atomic E-state index is -0.163. The van der Waals surface area contributed by atoms with Gasteiger partial charge in [-0.05, 0) is 43.4 Å². The summed E-state index contributed by atoms with van der Waals surface area (Å²) < 4.78 is 7.57. The van der Waals surface area contributed by atoms with Crippen LogP contribution in [0, 0.1) is 4.77 Å². The third-order valence-electron chi connectivity index (χ3n) is 2.92. The molecule has 6 nitrogen and oxygen atoms in total. The number of anilines is 1.